The first-order valence-electron chi connectivity index (χ1n) is 4.02. The van der Waals surface area contributed by atoms with Gasteiger partial charge in [0, 0.05) is 17.0 Å². The minimum absolute atomic E-state index is 0.125. The summed E-state index contributed by atoms with van der Waals surface area (Å²) < 4.78 is 18.1. The third-order valence-corrected chi connectivity index (χ3v) is 2.02. The molecule has 2 nitrogen and oxygen atoms in total. The minimum Gasteiger partial charge on any atom is -0.508 e. The van der Waals surface area contributed by atoms with Crippen molar-refractivity contribution in [3.63, 3.8) is 0 Å². The number of aromatic hydroxyl groups is 1. The molecule has 0 amide bonds. The van der Waals surface area contributed by atoms with Gasteiger partial charge in [-0.15, -0.1) is 0 Å². The van der Waals surface area contributed by atoms with Crippen LogP contribution in [0, 0.1) is 0 Å². The van der Waals surface area contributed by atoms with Crippen molar-refractivity contribution in [3.8, 4) is 5.75 Å². The molecule has 1 heterocycles. The molecule has 0 fully saturated rings. The van der Waals surface area contributed by atoms with Crippen LogP contribution in [0.4, 0.5) is 4.39 Å². The van der Waals surface area contributed by atoms with Crippen LogP contribution in [0.25, 0.3) is 11.0 Å². The summed E-state index contributed by atoms with van der Waals surface area (Å²) in [7, 11) is 0. The van der Waals surface area contributed by atoms with Crippen LogP contribution in [0.3, 0.4) is 0 Å². The summed E-state index contributed by atoms with van der Waals surface area (Å²) in [6, 6.07) is 4.64. The van der Waals surface area contributed by atoms with Crippen LogP contribution < -0.4 is 0 Å². The lowest BCUT2D eigenvalue weighted by Crippen LogP contribution is -1.80. The summed E-state index contributed by atoms with van der Waals surface area (Å²) in [6.45, 7) is 1.46. The second-order valence-electron chi connectivity index (χ2n) is 2.99. The van der Waals surface area contributed by atoms with Crippen LogP contribution in [-0.2, 0) is 0 Å². The van der Waals surface area contributed by atoms with Crippen LogP contribution in [0.15, 0.2) is 28.9 Å². The lowest BCUT2D eigenvalue weighted by Gasteiger charge is -1.96. The summed E-state index contributed by atoms with van der Waals surface area (Å²) in [6.07, 6.45) is 0.334. The van der Waals surface area contributed by atoms with E-state index in [9.17, 15) is 4.39 Å². The van der Waals surface area contributed by atoms with E-state index in [0.29, 0.717) is 16.5 Å². The largest absolute Gasteiger partial charge is 0.508 e. The number of hydrogen-bond donors (Lipinski definition) is 1. The van der Waals surface area contributed by atoms with Gasteiger partial charge >= 0.3 is 0 Å². The molecule has 0 aliphatic carbocycles. The fourth-order valence-electron chi connectivity index (χ4n) is 1.35. The van der Waals surface area contributed by atoms with Gasteiger partial charge in [-0.1, -0.05) is 0 Å². The van der Waals surface area contributed by atoms with E-state index in [1.165, 1.54) is 25.3 Å². The van der Waals surface area contributed by atoms with Gasteiger partial charge in [0.05, 0.1) is 6.26 Å². The van der Waals surface area contributed by atoms with E-state index in [4.69, 9.17) is 9.52 Å². The van der Waals surface area contributed by atoms with Crippen molar-refractivity contribution in [2.75, 3.05) is 0 Å². The molecule has 0 aliphatic heterocycles. The zero-order valence-corrected chi connectivity index (χ0v) is 7.12. The van der Waals surface area contributed by atoms with E-state index in [1.54, 1.807) is 6.07 Å². The lowest BCUT2D eigenvalue weighted by atomic mass is 10.1. The summed E-state index contributed by atoms with van der Waals surface area (Å²) in [5.74, 6) is 0.125. The normalized spacial score (nSPS) is 13.4. The molecule has 13 heavy (non-hydrogen) atoms. The van der Waals surface area contributed by atoms with E-state index >= 15 is 0 Å². The first-order chi connectivity index (χ1) is 6.18. The Labute approximate surface area is 74.6 Å². The highest BCUT2D eigenvalue weighted by Crippen LogP contribution is 2.30. The molecule has 0 aliphatic rings. The van der Waals surface area contributed by atoms with Gasteiger partial charge in [0.1, 0.15) is 17.5 Å². The second kappa shape index (κ2) is 2.76. The van der Waals surface area contributed by atoms with Crippen LogP contribution in [0.5, 0.6) is 5.75 Å². The first kappa shape index (κ1) is 8.10. The molecule has 0 saturated carbocycles. The van der Waals surface area contributed by atoms with Gasteiger partial charge in [-0.25, -0.2) is 4.39 Å². The number of hydrogen-bond acceptors (Lipinski definition) is 2. The molecule has 1 aromatic heterocycles. The second-order valence-corrected chi connectivity index (χ2v) is 2.99. The number of alkyl halides is 1. The van der Waals surface area contributed by atoms with Crippen LogP contribution in [0.1, 0.15) is 18.7 Å². The Bertz CT molecular complexity index is 431. The molecule has 2 rings (SSSR count). The van der Waals surface area contributed by atoms with Gasteiger partial charge in [0.2, 0.25) is 0 Å². The monoisotopic (exact) mass is 180 g/mol. The minimum atomic E-state index is -1.05. The van der Waals surface area contributed by atoms with Crippen LogP contribution in [0.2, 0.25) is 0 Å². The Morgan fingerprint density at radius 3 is 2.92 bits per heavy atom. The summed E-state index contributed by atoms with van der Waals surface area (Å²) in [5, 5.41) is 9.84. The Hall–Kier alpha value is -1.51. The fourth-order valence-corrected chi connectivity index (χ4v) is 1.35. The average Bonchev–Trinajstić information content (AvgIpc) is 2.46. The zero-order chi connectivity index (χ0) is 9.42. The molecule has 1 aromatic carbocycles. The predicted octanol–water partition coefficient (Wildman–Crippen LogP) is 3.17. The van der Waals surface area contributed by atoms with Gasteiger partial charge in [-0.3, -0.25) is 0 Å². The molecule has 68 valence electrons. The average molecular weight is 180 g/mol. The van der Waals surface area contributed by atoms with E-state index in [-0.39, 0.29) is 5.75 Å². The molecule has 2 aromatic rings. The number of furan rings is 1. The molecule has 0 saturated heterocycles. The highest BCUT2D eigenvalue weighted by Gasteiger charge is 2.11. The number of fused-ring (bicyclic) bond motifs is 1. The molecular weight excluding hydrogens is 171 g/mol. The Balaban J connectivity index is 2.69. The molecular formula is C10H9FO2. The maximum absolute atomic E-state index is 13.0. The third kappa shape index (κ3) is 1.26. The van der Waals surface area contributed by atoms with Crippen molar-refractivity contribution in [1.29, 1.82) is 0 Å². The van der Waals surface area contributed by atoms with Crippen molar-refractivity contribution in [2.45, 2.75) is 13.1 Å². The molecule has 3 heteroatoms. The Morgan fingerprint density at radius 1 is 1.46 bits per heavy atom. The molecule has 0 bridgehead atoms. The van der Waals surface area contributed by atoms with E-state index in [0.717, 1.165) is 0 Å². The molecule has 1 N–H and O–H groups in total. The number of benzene rings is 1. The van der Waals surface area contributed by atoms with Gasteiger partial charge in [0.15, 0.2) is 0 Å². The molecule has 0 radical (unpaired) electrons. The highest BCUT2D eigenvalue weighted by molar-refractivity contribution is 5.82. The zero-order valence-electron chi connectivity index (χ0n) is 7.12. The Kier molecular flexibility index (Phi) is 1.72. The van der Waals surface area contributed by atoms with Crippen molar-refractivity contribution in [1.82, 2.24) is 0 Å². The molecule has 1 unspecified atom stereocenters. The standard InChI is InChI=1S/C10H9FO2/c1-6(11)9-5-13-10-4-7(12)2-3-8(9)10/h2-6,12H,1H3. The topological polar surface area (TPSA) is 33.4 Å². The van der Waals surface area contributed by atoms with Gasteiger partial charge in [-0.05, 0) is 19.1 Å². The van der Waals surface area contributed by atoms with Crippen molar-refractivity contribution in [3.05, 3.63) is 30.0 Å². The van der Waals surface area contributed by atoms with Crippen molar-refractivity contribution >= 4 is 11.0 Å². The summed E-state index contributed by atoms with van der Waals surface area (Å²) in [5.41, 5.74) is 1.04. The first-order valence-corrected chi connectivity index (χ1v) is 4.02. The summed E-state index contributed by atoms with van der Waals surface area (Å²) in [4.78, 5) is 0. The van der Waals surface area contributed by atoms with Gasteiger partial charge in [0.25, 0.3) is 0 Å². The van der Waals surface area contributed by atoms with Crippen molar-refractivity contribution < 1.29 is 13.9 Å². The molecule has 1 atom stereocenters. The third-order valence-electron chi connectivity index (χ3n) is 2.02. The highest BCUT2D eigenvalue weighted by atomic mass is 19.1. The quantitative estimate of drug-likeness (QED) is 0.731. The van der Waals surface area contributed by atoms with E-state index < -0.39 is 6.17 Å². The maximum atomic E-state index is 13.0. The van der Waals surface area contributed by atoms with Crippen molar-refractivity contribution in [2.24, 2.45) is 0 Å². The van der Waals surface area contributed by atoms with Gasteiger partial charge < -0.3 is 9.52 Å². The lowest BCUT2D eigenvalue weighted by molar-refractivity contribution is 0.373. The summed E-state index contributed by atoms with van der Waals surface area (Å²) >= 11 is 0. The number of phenols is 1. The molecule has 0 spiro atoms. The number of phenolic OH excluding ortho intramolecular Hbond substituents is 1. The fraction of sp³-hybridized carbons (Fsp3) is 0.200. The van der Waals surface area contributed by atoms with Crippen LogP contribution in [-0.4, -0.2) is 5.11 Å². The van der Waals surface area contributed by atoms with Gasteiger partial charge in [-0.2, -0.15) is 0 Å². The van der Waals surface area contributed by atoms with Crippen LogP contribution >= 0.6 is 0 Å². The maximum Gasteiger partial charge on any atom is 0.137 e. The van der Waals surface area contributed by atoms with E-state index in [2.05, 4.69) is 0 Å². The smallest absolute Gasteiger partial charge is 0.137 e. The predicted molar refractivity (Wildman–Crippen MR) is 47.4 cm³/mol. The SMILES string of the molecule is CC(F)c1coc2cc(O)ccc12. The Morgan fingerprint density at radius 2 is 2.23 bits per heavy atom. The number of halogens is 1. The number of rotatable bonds is 1. The van der Waals surface area contributed by atoms with E-state index in [1.807, 2.05) is 0 Å².